The molecule has 0 unspecified atom stereocenters. The third-order valence-corrected chi connectivity index (χ3v) is 6.73. The van der Waals surface area contributed by atoms with Gasteiger partial charge in [0.2, 0.25) is 10.0 Å². The van der Waals surface area contributed by atoms with Gasteiger partial charge in [0.15, 0.2) is 5.75 Å². The summed E-state index contributed by atoms with van der Waals surface area (Å²) in [5.74, 6) is -0.868. The average molecular weight is 529 g/mol. The number of aromatic nitrogens is 1. The molecule has 0 spiro atoms. The Morgan fingerprint density at radius 2 is 1.68 bits per heavy atom. The minimum absolute atomic E-state index is 0.0195. The maximum atomic E-state index is 14.0. The van der Waals surface area contributed by atoms with Gasteiger partial charge < -0.3 is 10.2 Å². The van der Waals surface area contributed by atoms with Gasteiger partial charge in [-0.2, -0.15) is 0 Å². The molecule has 0 aliphatic heterocycles. The highest BCUT2D eigenvalue weighted by molar-refractivity contribution is 7.89. The summed E-state index contributed by atoms with van der Waals surface area (Å²) < 4.78 is 37.9. The number of pyridine rings is 1. The van der Waals surface area contributed by atoms with E-state index in [0.29, 0.717) is 16.8 Å². The van der Waals surface area contributed by atoms with E-state index in [-0.39, 0.29) is 21.9 Å². The van der Waals surface area contributed by atoms with E-state index in [1.54, 1.807) is 42.7 Å². The van der Waals surface area contributed by atoms with E-state index in [4.69, 9.17) is 9.98 Å². The lowest BCUT2D eigenvalue weighted by molar-refractivity contribution is 0.102. The molecule has 1 amide bonds. The van der Waals surface area contributed by atoms with Crippen LogP contribution in [0.5, 0.6) is 5.75 Å². The summed E-state index contributed by atoms with van der Waals surface area (Å²) in [6.45, 7) is 0. The van der Waals surface area contributed by atoms with Crippen molar-refractivity contribution in [2.45, 2.75) is 4.90 Å². The molecule has 0 fully saturated rings. The summed E-state index contributed by atoms with van der Waals surface area (Å²) in [6.07, 6.45) is 3.43. The first kappa shape index (κ1) is 24.9. The van der Waals surface area contributed by atoms with Crippen LogP contribution in [0, 0.1) is 5.82 Å². The molecule has 0 saturated heterocycles. The second kappa shape index (κ2) is 10.3. The first-order valence-corrected chi connectivity index (χ1v) is 12.9. The second-order valence-corrected chi connectivity index (χ2v) is 9.88. The standard InChI is InChI=1S/C28H21FN4O4S/c29-22-10-12-26(37-33-23-11-9-18-13-14-31-17-21(18)15-23)25(16-22)32-28(34)20-7-5-19(6-8-20)24-3-1-2-4-27(24)38(30,35)36/h1-17,33H,(H,32,34)(H2,30,35,36). The molecule has 8 nitrogen and oxygen atoms in total. The predicted octanol–water partition coefficient (Wildman–Crippen LogP) is 5.35. The maximum absolute atomic E-state index is 14.0. The van der Waals surface area contributed by atoms with Gasteiger partial charge in [-0.05, 0) is 59.5 Å². The average Bonchev–Trinajstić information content (AvgIpc) is 2.92. The molecular weight excluding hydrogens is 507 g/mol. The summed E-state index contributed by atoms with van der Waals surface area (Å²) in [7, 11) is -3.93. The molecule has 5 aromatic rings. The fourth-order valence-corrected chi connectivity index (χ4v) is 4.66. The number of nitrogens with two attached hydrogens (primary N) is 1. The number of primary sulfonamides is 1. The normalized spacial score (nSPS) is 11.2. The molecule has 4 N–H and O–H groups in total. The summed E-state index contributed by atoms with van der Waals surface area (Å²) in [5.41, 5.74) is 4.82. The fraction of sp³-hybridized carbons (Fsp3) is 0. The smallest absolute Gasteiger partial charge is 0.255 e. The Morgan fingerprint density at radius 1 is 0.895 bits per heavy atom. The van der Waals surface area contributed by atoms with E-state index in [9.17, 15) is 17.6 Å². The quantitative estimate of drug-likeness (QED) is 0.245. The van der Waals surface area contributed by atoms with Crippen molar-refractivity contribution in [3.8, 4) is 16.9 Å². The predicted molar refractivity (Wildman–Crippen MR) is 144 cm³/mol. The van der Waals surface area contributed by atoms with Crippen LogP contribution in [0.25, 0.3) is 21.9 Å². The Bertz CT molecular complexity index is 1760. The van der Waals surface area contributed by atoms with Gasteiger partial charge in [-0.3, -0.25) is 9.78 Å². The van der Waals surface area contributed by atoms with E-state index in [2.05, 4.69) is 15.8 Å². The fourth-order valence-electron chi connectivity index (χ4n) is 3.90. The van der Waals surface area contributed by atoms with Crippen LogP contribution >= 0.6 is 0 Å². The van der Waals surface area contributed by atoms with Gasteiger partial charge in [0.25, 0.3) is 5.91 Å². The van der Waals surface area contributed by atoms with Crippen molar-refractivity contribution in [1.82, 2.24) is 4.98 Å². The number of nitrogens with one attached hydrogen (secondary N) is 2. The number of halogens is 1. The third kappa shape index (κ3) is 5.46. The molecule has 0 atom stereocenters. The van der Waals surface area contributed by atoms with Crippen LogP contribution in [0.15, 0.2) is 108 Å². The van der Waals surface area contributed by atoms with Gasteiger partial charge in [0.05, 0.1) is 16.3 Å². The molecule has 1 heterocycles. The van der Waals surface area contributed by atoms with Crippen molar-refractivity contribution in [2.75, 3.05) is 10.8 Å². The van der Waals surface area contributed by atoms with E-state index in [0.717, 1.165) is 16.8 Å². The highest BCUT2D eigenvalue weighted by atomic mass is 32.2. The van der Waals surface area contributed by atoms with Crippen molar-refractivity contribution in [1.29, 1.82) is 0 Å². The lowest BCUT2D eigenvalue weighted by Crippen LogP contribution is -2.15. The number of fused-ring (bicyclic) bond motifs is 1. The van der Waals surface area contributed by atoms with E-state index in [1.165, 1.54) is 30.3 Å². The molecule has 0 radical (unpaired) electrons. The van der Waals surface area contributed by atoms with Gasteiger partial charge in [0.1, 0.15) is 5.82 Å². The van der Waals surface area contributed by atoms with Crippen molar-refractivity contribution in [3.05, 3.63) is 115 Å². The van der Waals surface area contributed by atoms with E-state index >= 15 is 0 Å². The molecule has 0 saturated carbocycles. The van der Waals surface area contributed by atoms with E-state index < -0.39 is 21.7 Å². The number of anilines is 2. The lowest BCUT2D eigenvalue weighted by atomic mass is 10.0. The van der Waals surface area contributed by atoms with Crippen LogP contribution in [0.4, 0.5) is 15.8 Å². The molecule has 5 rings (SSSR count). The Morgan fingerprint density at radius 3 is 2.47 bits per heavy atom. The van der Waals surface area contributed by atoms with Gasteiger partial charge in [-0.25, -0.2) is 23.4 Å². The monoisotopic (exact) mass is 528 g/mol. The Labute approximate surface area is 217 Å². The Kier molecular flexibility index (Phi) is 6.73. The van der Waals surface area contributed by atoms with Gasteiger partial charge in [-0.1, -0.05) is 36.4 Å². The summed E-state index contributed by atoms with van der Waals surface area (Å²) in [5, 5.41) is 9.91. The molecule has 38 heavy (non-hydrogen) atoms. The zero-order valence-electron chi connectivity index (χ0n) is 19.8. The largest absolute Gasteiger partial charge is 0.380 e. The number of rotatable bonds is 7. The molecule has 190 valence electrons. The Hall–Kier alpha value is -4.80. The maximum Gasteiger partial charge on any atom is 0.255 e. The highest BCUT2D eigenvalue weighted by Gasteiger charge is 2.16. The second-order valence-electron chi connectivity index (χ2n) is 8.35. The number of benzene rings is 4. The number of hydrogen-bond acceptors (Lipinski definition) is 6. The zero-order chi connectivity index (χ0) is 26.7. The summed E-state index contributed by atoms with van der Waals surface area (Å²) in [6, 6.07) is 23.8. The van der Waals surface area contributed by atoms with Gasteiger partial charge >= 0.3 is 0 Å². The topological polar surface area (TPSA) is 123 Å². The molecule has 1 aromatic heterocycles. The third-order valence-electron chi connectivity index (χ3n) is 5.76. The number of carbonyl (C=O) groups is 1. The van der Waals surface area contributed by atoms with Crippen molar-refractivity contribution in [3.63, 3.8) is 0 Å². The van der Waals surface area contributed by atoms with Gasteiger partial charge in [-0.15, -0.1) is 0 Å². The number of amides is 1. The zero-order valence-corrected chi connectivity index (χ0v) is 20.6. The minimum Gasteiger partial charge on any atom is -0.380 e. The molecule has 10 heteroatoms. The van der Waals surface area contributed by atoms with E-state index in [1.807, 2.05) is 24.3 Å². The highest BCUT2D eigenvalue weighted by Crippen LogP contribution is 2.29. The van der Waals surface area contributed by atoms with Crippen LogP contribution in [-0.4, -0.2) is 19.3 Å². The van der Waals surface area contributed by atoms with Crippen molar-refractivity contribution >= 4 is 38.1 Å². The summed E-state index contributed by atoms with van der Waals surface area (Å²) in [4.78, 5) is 22.7. The lowest BCUT2D eigenvalue weighted by Gasteiger charge is -2.14. The van der Waals surface area contributed by atoms with Crippen molar-refractivity contribution < 1.29 is 22.4 Å². The van der Waals surface area contributed by atoms with Crippen LogP contribution in [-0.2, 0) is 10.0 Å². The molecule has 0 aliphatic rings. The summed E-state index contributed by atoms with van der Waals surface area (Å²) >= 11 is 0. The Balaban J connectivity index is 1.33. The number of sulfonamides is 1. The molecular formula is C28H21FN4O4S. The number of hydrogen-bond donors (Lipinski definition) is 3. The first-order chi connectivity index (χ1) is 18.3. The van der Waals surface area contributed by atoms with Crippen LogP contribution in [0.1, 0.15) is 10.4 Å². The molecule has 4 aromatic carbocycles. The molecule has 0 aliphatic carbocycles. The number of nitrogens with zero attached hydrogens (tertiary/aromatic N) is 1. The van der Waals surface area contributed by atoms with Gasteiger partial charge in [0, 0.05) is 35.0 Å². The van der Waals surface area contributed by atoms with Crippen LogP contribution in [0.2, 0.25) is 0 Å². The first-order valence-electron chi connectivity index (χ1n) is 11.4. The minimum atomic E-state index is -3.93. The number of carbonyl (C=O) groups excluding carboxylic acids is 1. The molecule has 0 bridgehead atoms. The van der Waals surface area contributed by atoms with Crippen LogP contribution < -0.4 is 20.8 Å². The van der Waals surface area contributed by atoms with Crippen molar-refractivity contribution in [2.24, 2.45) is 5.14 Å². The van der Waals surface area contributed by atoms with Crippen LogP contribution in [0.3, 0.4) is 0 Å². The SMILES string of the molecule is NS(=O)(=O)c1ccccc1-c1ccc(C(=O)Nc2cc(F)ccc2ONc2ccc3ccncc3c2)cc1.